The fraction of sp³-hybridized carbons (Fsp3) is 0.833. The lowest BCUT2D eigenvalue weighted by Crippen LogP contribution is -2.32. The van der Waals surface area contributed by atoms with Crippen molar-refractivity contribution >= 4 is 6.29 Å². The Hall–Kier alpha value is -0.370. The lowest BCUT2D eigenvalue weighted by Gasteiger charge is -2.19. The molecule has 0 saturated carbocycles. The molecule has 2 heteroatoms. The molecule has 0 spiro atoms. The van der Waals surface area contributed by atoms with Crippen LogP contribution in [0.2, 0.25) is 0 Å². The molecule has 0 heterocycles. The van der Waals surface area contributed by atoms with Crippen LogP contribution in [-0.2, 0) is 4.79 Å². The Bertz CT molecular complexity index is 84.5. The molecular formula is C6H12O2. The normalized spacial score (nSPS) is 18.1. The van der Waals surface area contributed by atoms with E-state index >= 15 is 0 Å². The van der Waals surface area contributed by atoms with Gasteiger partial charge < -0.3 is 9.90 Å². The minimum absolute atomic E-state index is 0.000000000000000222. The van der Waals surface area contributed by atoms with E-state index in [1.54, 1.807) is 13.8 Å². The van der Waals surface area contributed by atoms with Crippen LogP contribution in [0, 0.1) is 5.92 Å². The van der Waals surface area contributed by atoms with E-state index in [1.807, 2.05) is 0 Å². The third-order valence-electron chi connectivity index (χ3n) is 1.41. The first-order chi connectivity index (χ1) is 3.50. The van der Waals surface area contributed by atoms with Crippen molar-refractivity contribution in [3.8, 4) is 0 Å². The van der Waals surface area contributed by atoms with E-state index in [0.29, 0.717) is 6.29 Å². The van der Waals surface area contributed by atoms with Gasteiger partial charge in [0.25, 0.3) is 0 Å². The zero-order chi connectivity index (χ0) is 6.78. The molecule has 1 unspecified atom stereocenters. The molecule has 0 aliphatic heterocycles. The Morgan fingerprint density at radius 1 is 1.62 bits per heavy atom. The van der Waals surface area contributed by atoms with Crippen LogP contribution in [0.25, 0.3) is 0 Å². The van der Waals surface area contributed by atoms with Crippen LogP contribution in [0.15, 0.2) is 0 Å². The maximum absolute atomic E-state index is 10.0. The summed E-state index contributed by atoms with van der Waals surface area (Å²) in [6.07, 6.45) is 0.567. The number of carbonyl (C=O) groups is 1. The molecule has 0 aromatic carbocycles. The summed E-state index contributed by atoms with van der Waals surface area (Å²) < 4.78 is 0. The monoisotopic (exact) mass is 116 g/mol. The van der Waals surface area contributed by atoms with Crippen LogP contribution in [0.4, 0.5) is 0 Å². The van der Waals surface area contributed by atoms with Crippen molar-refractivity contribution in [2.75, 3.05) is 0 Å². The summed E-state index contributed by atoms with van der Waals surface area (Å²) in [5.74, 6) is -0.000000000000000222. The Morgan fingerprint density at radius 2 is 2.00 bits per heavy atom. The van der Waals surface area contributed by atoms with Crippen molar-refractivity contribution in [3.05, 3.63) is 0 Å². The molecule has 0 aromatic heterocycles. The average molecular weight is 116 g/mol. The predicted molar refractivity (Wildman–Crippen MR) is 31.5 cm³/mol. The van der Waals surface area contributed by atoms with E-state index in [9.17, 15) is 4.79 Å². The molecule has 0 aromatic rings. The highest BCUT2D eigenvalue weighted by molar-refractivity contribution is 5.61. The van der Waals surface area contributed by atoms with Gasteiger partial charge in [0.15, 0.2) is 6.29 Å². The van der Waals surface area contributed by atoms with E-state index < -0.39 is 5.60 Å². The lowest BCUT2D eigenvalue weighted by atomic mass is 9.95. The largest absolute Gasteiger partial charge is 0.382 e. The van der Waals surface area contributed by atoms with Crippen LogP contribution >= 0.6 is 0 Å². The molecule has 0 fully saturated rings. The molecule has 0 bridgehead atoms. The first kappa shape index (κ1) is 7.63. The van der Waals surface area contributed by atoms with Gasteiger partial charge in [0, 0.05) is 0 Å². The first-order valence-corrected chi connectivity index (χ1v) is 2.69. The average Bonchev–Trinajstić information content (AvgIpc) is 1.67. The molecule has 0 rings (SSSR count). The van der Waals surface area contributed by atoms with Gasteiger partial charge >= 0.3 is 0 Å². The second kappa shape index (κ2) is 2.27. The molecule has 0 amide bonds. The zero-order valence-electron chi connectivity index (χ0n) is 5.51. The van der Waals surface area contributed by atoms with Crippen LogP contribution in [0.1, 0.15) is 20.8 Å². The summed E-state index contributed by atoms with van der Waals surface area (Å²) in [5.41, 5.74) is -1.14. The van der Waals surface area contributed by atoms with Gasteiger partial charge in [0.2, 0.25) is 0 Å². The highest BCUT2D eigenvalue weighted by atomic mass is 16.3. The molecule has 2 nitrogen and oxygen atoms in total. The van der Waals surface area contributed by atoms with Crippen molar-refractivity contribution in [1.82, 2.24) is 0 Å². The molecule has 0 saturated heterocycles. The van der Waals surface area contributed by atoms with Crippen LogP contribution < -0.4 is 0 Å². The predicted octanol–water partition coefficient (Wildman–Crippen LogP) is 0.592. The third-order valence-corrected chi connectivity index (χ3v) is 1.41. The Kier molecular flexibility index (Phi) is 2.16. The Balaban J connectivity index is 3.90. The second-order valence-corrected chi connectivity index (χ2v) is 2.50. The molecule has 8 heavy (non-hydrogen) atoms. The van der Waals surface area contributed by atoms with Crippen LogP contribution in [0.5, 0.6) is 0 Å². The topological polar surface area (TPSA) is 37.3 Å². The van der Waals surface area contributed by atoms with Gasteiger partial charge in [-0.2, -0.15) is 0 Å². The van der Waals surface area contributed by atoms with Gasteiger partial charge in [-0.15, -0.1) is 0 Å². The summed E-state index contributed by atoms with van der Waals surface area (Å²) in [6, 6.07) is 0. The quantitative estimate of drug-likeness (QED) is 0.536. The molecule has 0 aliphatic carbocycles. The molecule has 1 N–H and O–H groups in total. The van der Waals surface area contributed by atoms with Crippen molar-refractivity contribution in [2.45, 2.75) is 26.4 Å². The van der Waals surface area contributed by atoms with Crippen molar-refractivity contribution in [1.29, 1.82) is 0 Å². The Labute approximate surface area is 49.5 Å². The number of carbonyl (C=O) groups excluding carboxylic acids is 1. The van der Waals surface area contributed by atoms with Gasteiger partial charge in [-0.05, 0) is 12.8 Å². The fourth-order valence-corrected chi connectivity index (χ4v) is 0.136. The van der Waals surface area contributed by atoms with Crippen molar-refractivity contribution in [3.63, 3.8) is 0 Å². The summed E-state index contributed by atoms with van der Waals surface area (Å²) in [6.45, 7) is 5.10. The summed E-state index contributed by atoms with van der Waals surface area (Å²) >= 11 is 0. The van der Waals surface area contributed by atoms with Gasteiger partial charge in [0.1, 0.15) is 5.60 Å². The number of aldehydes is 1. The first-order valence-electron chi connectivity index (χ1n) is 2.69. The summed E-state index contributed by atoms with van der Waals surface area (Å²) in [7, 11) is 0. The van der Waals surface area contributed by atoms with Gasteiger partial charge in [-0.1, -0.05) is 13.8 Å². The number of hydrogen-bond acceptors (Lipinski definition) is 2. The zero-order valence-corrected chi connectivity index (χ0v) is 5.51. The van der Waals surface area contributed by atoms with Gasteiger partial charge in [-0.25, -0.2) is 0 Å². The highest BCUT2D eigenvalue weighted by Gasteiger charge is 2.22. The smallest absolute Gasteiger partial charge is 0.151 e. The maximum atomic E-state index is 10.0. The molecule has 1 atom stereocenters. The lowest BCUT2D eigenvalue weighted by molar-refractivity contribution is -0.126. The van der Waals surface area contributed by atoms with E-state index in [0.717, 1.165) is 0 Å². The maximum Gasteiger partial charge on any atom is 0.151 e. The fourth-order valence-electron chi connectivity index (χ4n) is 0.136. The van der Waals surface area contributed by atoms with Gasteiger partial charge in [0.05, 0.1) is 0 Å². The van der Waals surface area contributed by atoms with E-state index in [2.05, 4.69) is 0 Å². The van der Waals surface area contributed by atoms with Gasteiger partial charge in [-0.3, -0.25) is 0 Å². The number of rotatable bonds is 2. The molecule has 0 radical (unpaired) electrons. The molecule has 0 aliphatic rings. The second-order valence-electron chi connectivity index (χ2n) is 2.50. The minimum atomic E-state index is -1.14. The van der Waals surface area contributed by atoms with Crippen LogP contribution in [0.3, 0.4) is 0 Å². The number of aliphatic hydroxyl groups is 1. The third kappa shape index (κ3) is 1.62. The van der Waals surface area contributed by atoms with E-state index in [1.165, 1.54) is 6.92 Å². The number of hydrogen-bond donors (Lipinski definition) is 1. The SMILES string of the molecule is CC(C)C(C)(O)C=O. The standard InChI is InChI=1S/C6H12O2/c1-5(2)6(3,8)4-7/h4-5,8H,1-3H3. The van der Waals surface area contributed by atoms with E-state index in [-0.39, 0.29) is 5.92 Å². The van der Waals surface area contributed by atoms with Crippen LogP contribution in [-0.4, -0.2) is 17.0 Å². The highest BCUT2D eigenvalue weighted by Crippen LogP contribution is 2.11. The molecular weight excluding hydrogens is 104 g/mol. The Morgan fingerprint density at radius 3 is 2.00 bits per heavy atom. The van der Waals surface area contributed by atoms with E-state index in [4.69, 9.17) is 5.11 Å². The van der Waals surface area contributed by atoms with Crippen molar-refractivity contribution < 1.29 is 9.90 Å². The summed E-state index contributed by atoms with van der Waals surface area (Å²) in [5, 5.41) is 9.03. The van der Waals surface area contributed by atoms with Crippen molar-refractivity contribution in [2.24, 2.45) is 5.92 Å². The molecule has 48 valence electrons. The summed E-state index contributed by atoms with van der Waals surface area (Å²) in [4.78, 5) is 10.0. The minimum Gasteiger partial charge on any atom is -0.382 e.